The minimum absolute atomic E-state index is 0.0154. The van der Waals surface area contributed by atoms with Crippen LogP contribution in [-0.4, -0.2) is 32.0 Å². The Morgan fingerprint density at radius 3 is 2.64 bits per heavy atom. The Kier molecular flexibility index (Phi) is 5.15. The maximum absolute atomic E-state index is 12.8. The Labute approximate surface area is 145 Å². The molecule has 1 fully saturated rings. The van der Waals surface area contributed by atoms with Gasteiger partial charge in [0, 0.05) is 30.4 Å². The van der Waals surface area contributed by atoms with Crippen LogP contribution in [0.25, 0.3) is 0 Å². The summed E-state index contributed by atoms with van der Waals surface area (Å²) in [6.07, 6.45) is 0.0875. The SMILES string of the molecule is Cc1cc(C)n(CCCNC(=O)Cn2nc(C(F)F)cc2C2CC2)n1. The van der Waals surface area contributed by atoms with Crippen molar-refractivity contribution in [3.63, 3.8) is 0 Å². The Bertz CT molecular complexity index is 748. The molecular formula is C17H23F2N5O. The fourth-order valence-electron chi connectivity index (χ4n) is 2.94. The molecule has 8 heteroatoms. The number of aromatic nitrogens is 4. The first-order valence-corrected chi connectivity index (χ1v) is 8.57. The van der Waals surface area contributed by atoms with E-state index in [1.54, 1.807) is 0 Å². The molecule has 1 aliphatic rings. The summed E-state index contributed by atoms with van der Waals surface area (Å²) in [6.45, 7) is 5.17. The second-order valence-corrected chi connectivity index (χ2v) is 6.58. The van der Waals surface area contributed by atoms with Gasteiger partial charge in [0.1, 0.15) is 12.2 Å². The summed E-state index contributed by atoms with van der Waals surface area (Å²) in [6, 6.07) is 3.44. The van der Waals surface area contributed by atoms with Crippen LogP contribution in [0.2, 0.25) is 0 Å². The zero-order valence-electron chi connectivity index (χ0n) is 14.5. The molecule has 136 valence electrons. The van der Waals surface area contributed by atoms with Gasteiger partial charge in [-0.1, -0.05) is 0 Å². The van der Waals surface area contributed by atoms with Crippen molar-refractivity contribution in [3.05, 3.63) is 34.9 Å². The van der Waals surface area contributed by atoms with Crippen molar-refractivity contribution in [2.45, 2.75) is 58.5 Å². The van der Waals surface area contributed by atoms with Crippen LogP contribution in [0, 0.1) is 13.8 Å². The van der Waals surface area contributed by atoms with Crippen LogP contribution in [0.15, 0.2) is 12.1 Å². The minimum Gasteiger partial charge on any atom is -0.354 e. The van der Waals surface area contributed by atoms with Gasteiger partial charge in [0.05, 0.1) is 5.69 Å². The lowest BCUT2D eigenvalue weighted by atomic mass is 10.2. The third kappa shape index (κ3) is 4.43. The Balaban J connectivity index is 1.48. The highest BCUT2D eigenvalue weighted by molar-refractivity contribution is 5.75. The van der Waals surface area contributed by atoms with Gasteiger partial charge in [-0.3, -0.25) is 14.2 Å². The van der Waals surface area contributed by atoms with E-state index in [0.29, 0.717) is 6.54 Å². The number of alkyl halides is 2. The summed E-state index contributed by atoms with van der Waals surface area (Å²) in [5, 5.41) is 11.1. The summed E-state index contributed by atoms with van der Waals surface area (Å²) in [5.41, 5.74) is 2.56. The molecule has 0 unspecified atom stereocenters. The van der Waals surface area contributed by atoms with Crippen LogP contribution in [0.5, 0.6) is 0 Å². The van der Waals surface area contributed by atoms with E-state index in [0.717, 1.165) is 42.9 Å². The highest BCUT2D eigenvalue weighted by Crippen LogP contribution is 2.41. The number of aryl methyl sites for hydroxylation is 3. The molecule has 0 radical (unpaired) electrons. The minimum atomic E-state index is -2.61. The number of carbonyl (C=O) groups excluding carboxylic acids is 1. The van der Waals surface area contributed by atoms with E-state index >= 15 is 0 Å². The zero-order chi connectivity index (χ0) is 18.0. The maximum atomic E-state index is 12.8. The topological polar surface area (TPSA) is 64.7 Å². The quantitative estimate of drug-likeness (QED) is 0.744. The second kappa shape index (κ2) is 7.33. The number of halogens is 2. The molecule has 0 saturated heterocycles. The number of carbonyl (C=O) groups is 1. The fraction of sp³-hybridized carbons (Fsp3) is 0.588. The van der Waals surface area contributed by atoms with Crippen molar-refractivity contribution < 1.29 is 13.6 Å². The number of rotatable bonds is 8. The summed E-state index contributed by atoms with van der Waals surface area (Å²) >= 11 is 0. The molecule has 0 bridgehead atoms. The number of hydrogen-bond donors (Lipinski definition) is 1. The largest absolute Gasteiger partial charge is 0.354 e. The normalized spacial score (nSPS) is 14.3. The highest BCUT2D eigenvalue weighted by Gasteiger charge is 2.30. The molecule has 1 saturated carbocycles. The molecule has 0 atom stereocenters. The van der Waals surface area contributed by atoms with Gasteiger partial charge >= 0.3 is 0 Å². The average molecular weight is 351 g/mol. The lowest BCUT2D eigenvalue weighted by Crippen LogP contribution is -2.30. The van der Waals surface area contributed by atoms with Gasteiger partial charge in [0.25, 0.3) is 6.43 Å². The van der Waals surface area contributed by atoms with Crippen molar-refractivity contribution in [2.75, 3.05) is 6.54 Å². The van der Waals surface area contributed by atoms with Crippen LogP contribution < -0.4 is 5.32 Å². The van der Waals surface area contributed by atoms with E-state index in [-0.39, 0.29) is 24.1 Å². The van der Waals surface area contributed by atoms with Crippen molar-refractivity contribution in [2.24, 2.45) is 0 Å². The zero-order valence-corrected chi connectivity index (χ0v) is 14.5. The van der Waals surface area contributed by atoms with Gasteiger partial charge < -0.3 is 5.32 Å². The lowest BCUT2D eigenvalue weighted by Gasteiger charge is -2.09. The molecule has 1 amide bonds. The summed E-state index contributed by atoms with van der Waals surface area (Å²) in [4.78, 5) is 12.1. The van der Waals surface area contributed by atoms with E-state index < -0.39 is 6.43 Å². The van der Waals surface area contributed by atoms with Gasteiger partial charge in [0.15, 0.2) is 0 Å². The van der Waals surface area contributed by atoms with Crippen LogP contribution >= 0.6 is 0 Å². The summed E-state index contributed by atoms with van der Waals surface area (Å²) in [7, 11) is 0. The van der Waals surface area contributed by atoms with Crippen molar-refractivity contribution >= 4 is 5.91 Å². The molecule has 1 N–H and O–H groups in total. The van der Waals surface area contributed by atoms with Crippen LogP contribution in [0.4, 0.5) is 8.78 Å². The molecule has 0 aliphatic heterocycles. The number of amides is 1. The van der Waals surface area contributed by atoms with E-state index in [1.807, 2.05) is 24.6 Å². The molecule has 3 rings (SSSR count). The van der Waals surface area contributed by atoms with Crippen LogP contribution in [-0.2, 0) is 17.9 Å². The number of nitrogens with zero attached hydrogens (tertiary/aromatic N) is 4. The molecule has 0 spiro atoms. The third-order valence-corrected chi connectivity index (χ3v) is 4.31. The highest BCUT2D eigenvalue weighted by atomic mass is 19.3. The van der Waals surface area contributed by atoms with Gasteiger partial charge in [0.2, 0.25) is 5.91 Å². The smallest absolute Gasteiger partial charge is 0.282 e. The van der Waals surface area contributed by atoms with Crippen molar-refractivity contribution in [1.29, 1.82) is 0 Å². The van der Waals surface area contributed by atoms with E-state index in [1.165, 1.54) is 10.7 Å². The van der Waals surface area contributed by atoms with Gasteiger partial charge in [-0.25, -0.2) is 8.78 Å². The maximum Gasteiger partial charge on any atom is 0.282 e. The molecule has 25 heavy (non-hydrogen) atoms. The van der Waals surface area contributed by atoms with Crippen LogP contribution in [0.3, 0.4) is 0 Å². The predicted molar refractivity (Wildman–Crippen MR) is 88.5 cm³/mol. The molecule has 2 aromatic rings. The molecule has 2 heterocycles. The third-order valence-electron chi connectivity index (χ3n) is 4.31. The van der Waals surface area contributed by atoms with Gasteiger partial charge in [-0.2, -0.15) is 10.2 Å². The average Bonchev–Trinajstić information content (AvgIpc) is 3.22. The molecule has 1 aliphatic carbocycles. The Morgan fingerprint density at radius 2 is 2.04 bits per heavy atom. The predicted octanol–water partition coefficient (Wildman–Crippen LogP) is 2.72. The lowest BCUT2D eigenvalue weighted by molar-refractivity contribution is -0.121. The summed E-state index contributed by atoms with van der Waals surface area (Å²) in [5.74, 6) is 0.0537. The summed E-state index contributed by atoms with van der Waals surface area (Å²) < 4.78 is 29.0. The van der Waals surface area contributed by atoms with Crippen LogP contribution in [0.1, 0.15) is 54.4 Å². The number of nitrogens with one attached hydrogen (secondary N) is 1. The first-order valence-electron chi connectivity index (χ1n) is 8.57. The first-order chi connectivity index (χ1) is 11.9. The van der Waals surface area contributed by atoms with Gasteiger partial charge in [-0.05, 0) is 45.2 Å². The molecular weight excluding hydrogens is 328 g/mol. The van der Waals surface area contributed by atoms with Crippen molar-refractivity contribution in [3.8, 4) is 0 Å². The molecule has 6 nitrogen and oxygen atoms in total. The van der Waals surface area contributed by atoms with Gasteiger partial charge in [-0.15, -0.1) is 0 Å². The van der Waals surface area contributed by atoms with E-state index in [2.05, 4.69) is 15.5 Å². The van der Waals surface area contributed by atoms with E-state index in [9.17, 15) is 13.6 Å². The first kappa shape index (κ1) is 17.6. The Hall–Kier alpha value is -2.25. The van der Waals surface area contributed by atoms with Crippen molar-refractivity contribution in [1.82, 2.24) is 24.9 Å². The number of hydrogen-bond acceptors (Lipinski definition) is 3. The standard InChI is InChI=1S/C17H23F2N5O/c1-11-8-12(2)23(21-11)7-3-6-20-16(25)10-24-15(13-4-5-13)9-14(22-24)17(18)19/h8-9,13,17H,3-7,10H2,1-2H3,(H,20,25). The Morgan fingerprint density at radius 1 is 1.28 bits per heavy atom. The molecule has 2 aromatic heterocycles. The fourth-order valence-corrected chi connectivity index (χ4v) is 2.94. The van der Waals surface area contributed by atoms with E-state index in [4.69, 9.17) is 0 Å². The molecule has 0 aromatic carbocycles. The second-order valence-electron chi connectivity index (χ2n) is 6.58. The monoisotopic (exact) mass is 351 g/mol.